The number of carbonyl (C=O) groups is 1. The molecule has 1 amide bonds. The summed E-state index contributed by atoms with van der Waals surface area (Å²) in [6.45, 7) is 1.99. The van der Waals surface area contributed by atoms with Gasteiger partial charge < -0.3 is 20.7 Å². The Morgan fingerprint density at radius 1 is 1.33 bits per heavy atom. The highest BCUT2D eigenvalue weighted by Crippen LogP contribution is 2.31. The average molecular weight is 383 g/mol. The molecule has 1 atom stereocenters. The number of fused-ring (bicyclic) bond motifs is 1. The number of carbonyl (C=O) groups excluding carboxylic acids is 1. The third-order valence-electron chi connectivity index (χ3n) is 4.45. The Balaban J connectivity index is 1.47. The van der Waals surface area contributed by atoms with Gasteiger partial charge >= 0.3 is 0 Å². The van der Waals surface area contributed by atoms with Crippen LogP contribution in [-0.2, 0) is 0 Å². The van der Waals surface area contributed by atoms with Gasteiger partial charge in [-0.2, -0.15) is 0 Å². The van der Waals surface area contributed by atoms with Gasteiger partial charge in [0.05, 0.1) is 10.2 Å². The van der Waals surface area contributed by atoms with Crippen LogP contribution < -0.4 is 20.7 Å². The number of ether oxygens (including phenoxy) is 1. The Kier molecular flexibility index (Phi) is 5.17. The van der Waals surface area contributed by atoms with Crippen LogP contribution in [0.4, 0.5) is 5.13 Å². The lowest BCUT2D eigenvalue weighted by Gasteiger charge is -2.09. The molecule has 3 N–H and O–H groups in total. The van der Waals surface area contributed by atoms with Gasteiger partial charge in [-0.3, -0.25) is 9.78 Å². The minimum atomic E-state index is -0.245. The number of amides is 1. The number of aromatic nitrogens is 2. The van der Waals surface area contributed by atoms with E-state index in [-0.39, 0.29) is 5.91 Å². The third kappa shape index (κ3) is 4.17. The van der Waals surface area contributed by atoms with Gasteiger partial charge in [-0.15, -0.1) is 0 Å². The second-order valence-electron chi connectivity index (χ2n) is 6.38. The lowest BCUT2D eigenvalue weighted by atomic mass is 10.2. The quantitative estimate of drug-likeness (QED) is 0.606. The Morgan fingerprint density at radius 2 is 2.22 bits per heavy atom. The summed E-state index contributed by atoms with van der Waals surface area (Å²) in [6, 6.07) is 9.66. The first-order chi connectivity index (χ1) is 13.2. The monoisotopic (exact) mass is 383 g/mol. The number of benzene rings is 1. The van der Waals surface area contributed by atoms with E-state index in [1.807, 2.05) is 18.2 Å². The van der Waals surface area contributed by atoms with Gasteiger partial charge in [0.15, 0.2) is 5.13 Å². The van der Waals surface area contributed by atoms with E-state index in [4.69, 9.17) is 4.74 Å². The minimum Gasteiger partial charge on any atom is -0.457 e. The van der Waals surface area contributed by atoms with Gasteiger partial charge in [0.1, 0.15) is 17.2 Å². The summed E-state index contributed by atoms with van der Waals surface area (Å²) in [5.41, 5.74) is 1.26. The summed E-state index contributed by atoms with van der Waals surface area (Å²) in [6.07, 6.45) is 4.01. The minimum absolute atomic E-state index is 0.245. The normalized spacial score (nSPS) is 16.4. The van der Waals surface area contributed by atoms with Crippen LogP contribution in [0.5, 0.6) is 11.5 Å². The van der Waals surface area contributed by atoms with Crippen molar-refractivity contribution in [1.82, 2.24) is 20.6 Å². The van der Waals surface area contributed by atoms with Crippen LogP contribution in [-0.4, -0.2) is 42.1 Å². The highest BCUT2D eigenvalue weighted by atomic mass is 32.1. The molecular weight excluding hydrogens is 362 g/mol. The van der Waals surface area contributed by atoms with Crippen LogP contribution in [0.1, 0.15) is 23.3 Å². The molecule has 0 spiro atoms. The first-order valence-electron chi connectivity index (χ1n) is 8.95. The predicted octanol–water partition coefficient (Wildman–Crippen LogP) is 3.01. The molecule has 3 aromatic rings. The summed E-state index contributed by atoms with van der Waals surface area (Å²) >= 11 is 1.61. The fourth-order valence-electron chi connectivity index (χ4n) is 3.05. The molecule has 27 heavy (non-hydrogen) atoms. The van der Waals surface area contributed by atoms with Crippen LogP contribution >= 0.6 is 11.3 Å². The summed E-state index contributed by atoms with van der Waals surface area (Å²) in [5.74, 6) is 1.02. The fraction of sp³-hybridized carbons (Fsp3) is 0.316. The molecule has 0 unspecified atom stereocenters. The zero-order valence-corrected chi connectivity index (χ0v) is 15.8. The second kappa shape index (κ2) is 7.89. The smallest absolute Gasteiger partial charge is 0.269 e. The molecule has 0 radical (unpaired) electrons. The Bertz CT molecular complexity index is 952. The zero-order chi connectivity index (χ0) is 18.6. The van der Waals surface area contributed by atoms with Gasteiger partial charge in [-0.25, -0.2) is 4.98 Å². The molecule has 0 bridgehead atoms. The van der Waals surface area contributed by atoms with E-state index >= 15 is 0 Å². The molecule has 1 aliphatic rings. The molecular formula is C19H21N5O2S. The van der Waals surface area contributed by atoms with Gasteiger partial charge in [0.25, 0.3) is 5.91 Å². The molecule has 3 heterocycles. The number of hydrogen-bond acceptors (Lipinski definition) is 7. The SMILES string of the molecule is CNC(=O)c1cc(Oc2ccc3nc(NC[C@@H]4CCCN4)sc3c2)ccn1. The number of rotatable bonds is 6. The van der Waals surface area contributed by atoms with Gasteiger partial charge in [0, 0.05) is 38.0 Å². The van der Waals surface area contributed by atoms with Crippen molar-refractivity contribution in [1.29, 1.82) is 0 Å². The van der Waals surface area contributed by atoms with Crippen LogP contribution in [0.3, 0.4) is 0 Å². The number of pyridine rings is 1. The first-order valence-corrected chi connectivity index (χ1v) is 9.77. The lowest BCUT2D eigenvalue weighted by molar-refractivity contribution is 0.0958. The van der Waals surface area contributed by atoms with Gasteiger partial charge in [-0.05, 0) is 37.6 Å². The van der Waals surface area contributed by atoms with Crippen molar-refractivity contribution in [3.05, 3.63) is 42.2 Å². The zero-order valence-electron chi connectivity index (χ0n) is 15.0. The molecule has 0 aliphatic carbocycles. The van der Waals surface area contributed by atoms with Gasteiger partial charge in [-0.1, -0.05) is 11.3 Å². The molecule has 140 valence electrons. The van der Waals surface area contributed by atoms with Crippen molar-refractivity contribution in [3.8, 4) is 11.5 Å². The number of anilines is 1. The number of thiazole rings is 1. The van der Waals surface area contributed by atoms with Crippen LogP contribution in [0, 0.1) is 0 Å². The molecule has 1 fully saturated rings. The molecule has 1 aliphatic heterocycles. The highest BCUT2D eigenvalue weighted by Gasteiger charge is 2.14. The molecule has 4 rings (SSSR count). The molecule has 1 aromatic carbocycles. The number of hydrogen-bond donors (Lipinski definition) is 3. The first kappa shape index (κ1) is 17.7. The molecule has 7 nitrogen and oxygen atoms in total. The van der Waals surface area contributed by atoms with Crippen LogP contribution in [0.25, 0.3) is 10.2 Å². The molecule has 0 saturated carbocycles. The van der Waals surface area contributed by atoms with E-state index in [9.17, 15) is 4.79 Å². The van der Waals surface area contributed by atoms with E-state index in [1.54, 1.807) is 36.7 Å². The van der Waals surface area contributed by atoms with Crippen molar-refractivity contribution in [3.63, 3.8) is 0 Å². The second-order valence-corrected chi connectivity index (χ2v) is 7.41. The Hall–Kier alpha value is -2.71. The van der Waals surface area contributed by atoms with E-state index in [2.05, 4.69) is 25.9 Å². The third-order valence-corrected chi connectivity index (χ3v) is 5.42. The summed E-state index contributed by atoms with van der Waals surface area (Å²) in [7, 11) is 1.57. The summed E-state index contributed by atoms with van der Waals surface area (Å²) < 4.78 is 6.95. The topological polar surface area (TPSA) is 88.2 Å². The number of nitrogens with zero attached hydrogens (tertiary/aromatic N) is 2. The average Bonchev–Trinajstić information content (AvgIpc) is 3.35. The van der Waals surface area contributed by atoms with E-state index in [0.717, 1.165) is 28.4 Å². The van der Waals surface area contributed by atoms with E-state index < -0.39 is 0 Å². The standard InChI is InChI=1S/C19H21N5O2S/c1-20-18(25)16-9-14(6-8-22-16)26-13-4-5-15-17(10-13)27-19(24-15)23-11-12-3-2-7-21-12/h4-6,8-10,12,21H,2-3,7,11H2,1H3,(H,20,25)(H,23,24)/t12-/m0/s1. The van der Waals surface area contributed by atoms with Crippen molar-refractivity contribution >= 4 is 32.6 Å². The lowest BCUT2D eigenvalue weighted by Crippen LogP contribution is -2.29. The largest absolute Gasteiger partial charge is 0.457 e. The van der Waals surface area contributed by atoms with Crippen LogP contribution in [0.15, 0.2) is 36.5 Å². The maximum atomic E-state index is 11.7. The predicted molar refractivity (Wildman–Crippen MR) is 107 cm³/mol. The fourth-order valence-corrected chi connectivity index (χ4v) is 3.95. The maximum Gasteiger partial charge on any atom is 0.269 e. The Labute approximate surface area is 161 Å². The Morgan fingerprint density at radius 3 is 3.04 bits per heavy atom. The van der Waals surface area contributed by atoms with Crippen molar-refractivity contribution in [2.45, 2.75) is 18.9 Å². The molecule has 2 aromatic heterocycles. The van der Waals surface area contributed by atoms with Crippen molar-refractivity contribution < 1.29 is 9.53 Å². The van der Waals surface area contributed by atoms with E-state index in [1.165, 1.54) is 12.8 Å². The molecule has 8 heteroatoms. The highest BCUT2D eigenvalue weighted by molar-refractivity contribution is 7.22. The van der Waals surface area contributed by atoms with Crippen molar-refractivity contribution in [2.24, 2.45) is 0 Å². The van der Waals surface area contributed by atoms with Crippen molar-refractivity contribution in [2.75, 3.05) is 25.5 Å². The van der Waals surface area contributed by atoms with Crippen LogP contribution in [0.2, 0.25) is 0 Å². The van der Waals surface area contributed by atoms with E-state index in [0.29, 0.717) is 23.2 Å². The summed E-state index contributed by atoms with van der Waals surface area (Å²) in [4.78, 5) is 20.4. The van der Waals surface area contributed by atoms with Gasteiger partial charge in [0.2, 0.25) is 0 Å². The summed E-state index contributed by atoms with van der Waals surface area (Å²) in [5, 5.41) is 10.4. The molecule has 1 saturated heterocycles. The number of nitrogens with one attached hydrogen (secondary N) is 3. The maximum absolute atomic E-state index is 11.7.